The first-order valence-corrected chi connectivity index (χ1v) is 8.86. The summed E-state index contributed by atoms with van der Waals surface area (Å²) >= 11 is 0. The number of pyridine rings is 1. The van der Waals surface area contributed by atoms with E-state index in [2.05, 4.69) is 10.3 Å². The molecule has 0 radical (unpaired) electrons. The molecule has 1 unspecified atom stereocenters. The van der Waals surface area contributed by atoms with Gasteiger partial charge in [-0.05, 0) is 25.8 Å². The van der Waals surface area contributed by atoms with Crippen molar-refractivity contribution in [3.63, 3.8) is 0 Å². The molecule has 8 nitrogen and oxygen atoms in total. The summed E-state index contributed by atoms with van der Waals surface area (Å²) in [5.74, 6) is 0.355. The lowest BCUT2D eigenvalue weighted by Crippen LogP contribution is -2.54. The number of β-amino-alcohol motifs (C(OH)–C–C–N with tert-alkyl or cyclic N) is 1. The van der Waals surface area contributed by atoms with E-state index < -0.39 is 5.60 Å². The number of amides is 3. The molecular weight excluding hydrogens is 336 g/mol. The maximum absolute atomic E-state index is 12.5. The van der Waals surface area contributed by atoms with E-state index >= 15 is 0 Å². The van der Waals surface area contributed by atoms with Crippen LogP contribution in [0.5, 0.6) is 5.88 Å². The van der Waals surface area contributed by atoms with Gasteiger partial charge in [-0.3, -0.25) is 4.79 Å². The van der Waals surface area contributed by atoms with Gasteiger partial charge in [-0.1, -0.05) is 6.07 Å². The molecule has 0 saturated carbocycles. The molecule has 1 aliphatic heterocycles. The summed E-state index contributed by atoms with van der Waals surface area (Å²) in [6, 6.07) is 3.36. The molecule has 1 aromatic heterocycles. The molecule has 0 bridgehead atoms. The zero-order chi connectivity index (χ0) is 19.2. The van der Waals surface area contributed by atoms with Crippen LogP contribution in [0, 0.1) is 0 Å². The fourth-order valence-electron chi connectivity index (χ4n) is 2.98. The Morgan fingerprint density at radius 1 is 1.46 bits per heavy atom. The summed E-state index contributed by atoms with van der Waals surface area (Å²) < 4.78 is 5.46. The van der Waals surface area contributed by atoms with Gasteiger partial charge >= 0.3 is 6.03 Å². The lowest BCUT2D eigenvalue weighted by Gasteiger charge is -2.39. The molecule has 1 saturated heterocycles. The van der Waals surface area contributed by atoms with E-state index in [9.17, 15) is 14.7 Å². The minimum atomic E-state index is -1.18. The summed E-state index contributed by atoms with van der Waals surface area (Å²) in [4.78, 5) is 31.6. The van der Waals surface area contributed by atoms with E-state index in [0.29, 0.717) is 31.9 Å². The van der Waals surface area contributed by atoms with E-state index in [1.54, 1.807) is 31.3 Å². The van der Waals surface area contributed by atoms with Crippen molar-refractivity contribution < 1.29 is 19.4 Å². The Bertz CT molecular complexity index is 637. The summed E-state index contributed by atoms with van der Waals surface area (Å²) in [5, 5.41) is 13.6. The Hall–Kier alpha value is -2.35. The molecule has 0 aromatic carbocycles. The number of rotatable bonds is 6. The topological polar surface area (TPSA) is 95.0 Å². The molecule has 144 valence electrons. The van der Waals surface area contributed by atoms with Crippen molar-refractivity contribution in [3.8, 4) is 5.88 Å². The maximum atomic E-state index is 12.5. The van der Waals surface area contributed by atoms with Gasteiger partial charge in [0.1, 0.15) is 0 Å². The number of aromatic nitrogens is 1. The van der Waals surface area contributed by atoms with Crippen molar-refractivity contribution in [2.75, 3.05) is 33.8 Å². The highest BCUT2D eigenvalue weighted by molar-refractivity contribution is 5.77. The van der Waals surface area contributed by atoms with Crippen molar-refractivity contribution in [2.45, 2.75) is 38.3 Å². The number of hydrogen-bond donors (Lipinski definition) is 2. The summed E-state index contributed by atoms with van der Waals surface area (Å²) in [7, 11) is 3.31. The van der Waals surface area contributed by atoms with Crippen molar-refractivity contribution in [1.82, 2.24) is 20.1 Å². The predicted molar refractivity (Wildman–Crippen MR) is 96.7 cm³/mol. The number of carbonyl (C=O) groups is 2. The highest BCUT2D eigenvalue weighted by Crippen LogP contribution is 2.25. The van der Waals surface area contributed by atoms with Gasteiger partial charge in [0.2, 0.25) is 11.8 Å². The first-order chi connectivity index (χ1) is 12.3. The molecule has 2 rings (SSSR count). The van der Waals surface area contributed by atoms with Gasteiger partial charge in [-0.2, -0.15) is 0 Å². The van der Waals surface area contributed by atoms with Gasteiger partial charge in [0.05, 0.1) is 25.2 Å². The number of ether oxygens (including phenoxy) is 1. The van der Waals surface area contributed by atoms with Crippen LogP contribution in [0.3, 0.4) is 0 Å². The molecular formula is C18H28N4O4. The van der Waals surface area contributed by atoms with E-state index in [-0.39, 0.29) is 31.4 Å². The van der Waals surface area contributed by atoms with Gasteiger partial charge in [-0.15, -0.1) is 0 Å². The van der Waals surface area contributed by atoms with Crippen molar-refractivity contribution >= 4 is 11.9 Å². The average Bonchev–Trinajstić information content (AvgIpc) is 2.60. The lowest BCUT2D eigenvalue weighted by atomic mass is 9.89. The van der Waals surface area contributed by atoms with E-state index in [0.717, 1.165) is 5.56 Å². The molecule has 1 fully saturated rings. The van der Waals surface area contributed by atoms with Gasteiger partial charge in [-0.25, -0.2) is 9.78 Å². The minimum absolute atomic E-state index is 0.0148. The van der Waals surface area contributed by atoms with E-state index in [1.807, 2.05) is 13.0 Å². The molecule has 8 heteroatoms. The van der Waals surface area contributed by atoms with Gasteiger partial charge in [0, 0.05) is 38.9 Å². The van der Waals surface area contributed by atoms with Crippen LogP contribution in [-0.4, -0.2) is 71.2 Å². The monoisotopic (exact) mass is 364 g/mol. The Morgan fingerprint density at radius 3 is 2.92 bits per heavy atom. The quantitative estimate of drug-likeness (QED) is 0.785. The molecule has 1 atom stereocenters. The molecule has 2 N–H and O–H groups in total. The number of carbonyl (C=O) groups excluding carboxylic acids is 2. The fourth-order valence-corrected chi connectivity index (χ4v) is 2.98. The molecule has 1 aliphatic rings. The van der Waals surface area contributed by atoms with Crippen LogP contribution in [0.25, 0.3) is 0 Å². The Kier molecular flexibility index (Phi) is 6.79. The summed E-state index contributed by atoms with van der Waals surface area (Å²) in [5.41, 5.74) is -0.389. The van der Waals surface area contributed by atoms with Crippen LogP contribution < -0.4 is 10.1 Å². The van der Waals surface area contributed by atoms with E-state index in [4.69, 9.17) is 4.74 Å². The first-order valence-electron chi connectivity index (χ1n) is 8.86. The third-order valence-corrected chi connectivity index (χ3v) is 4.38. The third-order valence-electron chi connectivity index (χ3n) is 4.38. The normalized spacial score (nSPS) is 19.8. The Morgan fingerprint density at radius 2 is 2.23 bits per heavy atom. The number of nitrogens with one attached hydrogen (secondary N) is 1. The number of piperidine rings is 1. The van der Waals surface area contributed by atoms with Gasteiger partial charge in [0.15, 0.2) is 0 Å². The predicted octanol–water partition coefficient (Wildman–Crippen LogP) is 0.995. The van der Waals surface area contributed by atoms with Crippen molar-refractivity contribution in [1.29, 1.82) is 0 Å². The zero-order valence-electron chi connectivity index (χ0n) is 15.7. The van der Waals surface area contributed by atoms with E-state index in [1.165, 1.54) is 4.90 Å². The van der Waals surface area contributed by atoms with Crippen LogP contribution in [0.4, 0.5) is 4.79 Å². The van der Waals surface area contributed by atoms with Crippen molar-refractivity contribution in [3.05, 3.63) is 23.9 Å². The minimum Gasteiger partial charge on any atom is -0.478 e. The molecule has 3 amide bonds. The van der Waals surface area contributed by atoms with Crippen molar-refractivity contribution in [2.24, 2.45) is 0 Å². The maximum Gasteiger partial charge on any atom is 0.317 e. The van der Waals surface area contributed by atoms with Crippen LogP contribution >= 0.6 is 0 Å². The van der Waals surface area contributed by atoms with Crippen LogP contribution in [0.1, 0.15) is 31.7 Å². The standard InChI is InChI=1S/C18H28N4O4/c1-4-26-16-14(7-5-9-19-16)12-20-17(24)22-10-6-8-18(25,13-22)11-15(23)21(2)3/h5,7,9,25H,4,6,8,10-13H2,1-3H3,(H,20,24). The lowest BCUT2D eigenvalue weighted by molar-refractivity contribution is -0.135. The van der Waals surface area contributed by atoms with Crippen LogP contribution in [0.2, 0.25) is 0 Å². The molecule has 0 aliphatic carbocycles. The zero-order valence-corrected chi connectivity index (χ0v) is 15.7. The molecule has 26 heavy (non-hydrogen) atoms. The first kappa shape index (κ1) is 20.0. The number of nitrogens with zero attached hydrogens (tertiary/aromatic N) is 3. The highest BCUT2D eigenvalue weighted by Gasteiger charge is 2.37. The summed E-state index contributed by atoms with van der Waals surface area (Å²) in [6.07, 6.45) is 2.82. The average molecular weight is 364 g/mol. The van der Waals surface area contributed by atoms with Crippen LogP contribution in [-0.2, 0) is 11.3 Å². The number of urea groups is 1. The second-order valence-corrected chi connectivity index (χ2v) is 6.77. The Balaban J connectivity index is 1.94. The highest BCUT2D eigenvalue weighted by atomic mass is 16.5. The summed E-state index contributed by atoms with van der Waals surface area (Å²) in [6.45, 7) is 3.35. The molecule has 0 spiro atoms. The number of aliphatic hydroxyl groups is 1. The second-order valence-electron chi connectivity index (χ2n) is 6.77. The second kappa shape index (κ2) is 8.84. The molecule has 2 heterocycles. The fraction of sp³-hybridized carbons (Fsp3) is 0.611. The number of hydrogen-bond acceptors (Lipinski definition) is 5. The molecule has 1 aromatic rings. The number of likely N-dealkylation sites (tertiary alicyclic amines) is 1. The smallest absolute Gasteiger partial charge is 0.317 e. The Labute approximate surface area is 154 Å². The van der Waals surface area contributed by atoms with Crippen LogP contribution in [0.15, 0.2) is 18.3 Å². The van der Waals surface area contributed by atoms with Gasteiger partial charge in [0.25, 0.3) is 0 Å². The van der Waals surface area contributed by atoms with Gasteiger partial charge < -0.3 is 25.0 Å². The SMILES string of the molecule is CCOc1ncccc1CNC(=O)N1CCCC(O)(CC(=O)N(C)C)C1. The largest absolute Gasteiger partial charge is 0.478 e. The third kappa shape index (κ3) is 5.32.